The van der Waals surface area contributed by atoms with Gasteiger partial charge >= 0.3 is 0 Å². The van der Waals surface area contributed by atoms with E-state index in [-0.39, 0.29) is 5.75 Å². The molecule has 114 valence electrons. The number of benzene rings is 1. The lowest BCUT2D eigenvalue weighted by molar-refractivity contribution is 0.579. The van der Waals surface area contributed by atoms with Gasteiger partial charge in [-0.3, -0.25) is 0 Å². The van der Waals surface area contributed by atoms with Crippen LogP contribution in [0.2, 0.25) is 0 Å². The highest BCUT2D eigenvalue weighted by molar-refractivity contribution is 7.91. The van der Waals surface area contributed by atoms with Crippen molar-refractivity contribution < 1.29 is 8.42 Å². The fraction of sp³-hybridized carbons (Fsp3) is 0.625. The largest absolute Gasteiger partial charge is 0.399 e. The summed E-state index contributed by atoms with van der Waals surface area (Å²) in [4.78, 5) is 0.398. The Hall–Kier alpha value is -1.03. The minimum atomic E-state index is -3.15. The van der Waals surface area contributed by atoms with Crippen LogP contribution in [-0.4, -0.2) is 14.2 Å². The Labute approximate surface area is 123 Å². The Bertz CT molecular complexity index is 509. The van der Waals surface area contributed by atoms with E-state index < -0.39 is 9.84 Å². The van der Waals surface area contributed by atoms with Crippen LogP contribution in [0.15, 0.2) is 23.1 Å². The quantitative estimate of drug-likeness (QED) is 0.551. The van der Waals surface area contributed by atoms with Gasteiger partial charge in [-0.2, -0.15) is 0 Å². The number of nitrogen functional groups attached to an aromatic ring is 1. The molecule has 1 aromatic rings. The fourth-order valence-corrected chi connectivity index (χ4v) is 3.66. The van der Waals surface area contributed by atoms with Crippen LogP contribution in [0.3, 0.4) is 0 Å². The van der Waals surface area contributed by atoms with E-state index in [0.29, 0.717) is 10.6 Å². The molecule has 2 N–H and O–H groups in total. The van der Waals surface area contributed by atoms with Gasteiger partial charge in [0.1, 0.15) is 0 Å². The molecular weight excluding hydrogens is 270 g/mol. The summed E-state index contributed by atoms with van der Waals surface area (Å²) in [5, 5.41) is 0. The monoisotopic (exact) mass is 297 g/mol. The van der Waals surface area contributed by atoms with Crippen molar-refractivity contribution in [3.05, 3.63) is 23.8 Å². The number of unbranched alkanes of at least 4 members (excludes halogenated alkanes) is 6. The van der Waals surface area contributed by atoms with Crippen molar-refractivity contribution in [2.24, 2.45) is 0 Å². The van der Waals surface area contributed by atoms with Crippen LogP contribution >= 0.6 is 0 Å². The van der Waals surface area contributed by atoms with Crippen molar-refractivity contribution in [2.75, 3.05) is 11.5 Å². The van der Waals surface area contributed by atoms with Gasteiger partial charge in [-0.15, -0.1) is 0 Å². The third-order valence-corrected chi connectivity index (χ3v) is 5.42. The Balaban J connectivity index is 2.40. The second-order valence-corrected chi connectivity index (χ2v) is 7.57. The summed E-state index contributed by atoms with van der Waals surface area (Å²) in [6, 6.07) is 4.96. The smallest absolute Gasteiger partial charge is 0.178 e. The van der Waals surface area contributed by atoms with Gasteiger partial charge in [-0.05, 0) is 37.1 Å². The molecule has 0 amide bonds. The molecule has 0 fully saturated rings. The van der Waals surface area contributed by atoms with Crippen molar-refractivity contribution in [2.45, 2.75) is 63.7 Å². The number of hydrogen-bond acceptors (Lipinski definition) is 3. The minimum absolute atomic E-state index is 0.240. The van der Waals surface area contributed by atoms with E-state index in [1.807, 2.05) is 6.92 Å². The molecule has 3 nitrogen and oxygen atoms in total. The molecule has 0 saturated carbocycles. The first-order chi connectivity index (χ1) is 9.47. The fourth-order valence-electron chi connectivity index (χ4n) is 2.21. The lowest BCUT2D eigenvalue weighted by Gasteiger charge is -2.07. The van der Waals surface area contributed by atoms with Crippen molar-refractivity contribution in [3.63, 3.8) is 0 Å². The van der Waals surface area contributed by atoms with Crippen LogP contribution in [0.25, 0.3) is 0 Å². The lowest BCUT2D eigenvalue weighted by atomic mass is 10.1. The molecule has 0 heterocycles. The summed E-state index contributed by atoms with van der Waals surface area (Å²) < 4.78 is 24.4. The summed E-state index contributed by atoms with van der Waals surface area (Å²) in [6.45, 7) is 4.03. The molecule has 0 aromatic heterocycles. The van der Waals surface area contributed by atoms with Gasteiger partial charge in [0.15, 0.2) is 9.84 Å². The van der Waals surface area contributed by atoms with Crippen molar-refractivity contribution in [1.82, 2.24) is 0 Å². The van der Waals surface area contributed by atoms with Crippen LogP contribution in [0, 0.1) is 6.92 Å². The zero-order valence-electron chi connectivity index (χ0n) is 12.7. The maximum atomic E-state index is 12.2. The highest BCUT2D eigenvalue weighted by atomic mass is 32.2. The summed E-state index contributed by atoms with van der Waals surface area (Å²) in [6.07, 6.45) is 7.88. The first-order valence-corrected chi connectivity index (χ1v) is 9.21. The maximum Gasteiger partial charge on any atom is 0.178 e. The summed E-state index contributed by atoms with van der Waals surface area (Å²) in [7, 11) is -3.15. The van der Waals surface area contributed by atoms with E-state index in [0.717, 1.165) is 24.8 Å². The molecule has 0 aliphatic carbocycles. The second kappa shape index (κ2) is 8.30. The highest BCUT2D eigenvalue weighted by Gasteiger charge is 2.14. The predicted molar refractivity (Wildman–Crippen MR) is 85.6 cm³/mol. The molecule has 1 rings (SSSR count). The average Bonchev–Trinajstić information content (AvgIpc) is 2.40. The number of sulfone groups is 1. The topological polar surface area (TPSA) is 60.2 Å². The Morgan fingerprint density at radius 1 is 1.00 bits per heavy atom. The van der Waals surface area contributed by atoms with E-state index in [1.165, 1.54) is 25.7 Å². The number of aryl methyl sites for hydroxylation is 1. The van der Waals surface area contributed by atoms with Gasteiger partial charge in [0.05, 0.1) is 10.6 Å². The SMILES string of the molecule is CCCCCCCCCS(=O)(=O)c1ccc(N)c(C)c1. The lowest BCUT2D eigenvalue weighted by Crippen LogP contribution is -2.07. The molecule has 0 spiro atoms. The molecule has 0 unspecified atom stereocenters. The van der Waals surface area contributed by atoms with E-state index >= 15 is 0 Å². The first kappa shape index (κ1) is 17.0. The summed E-state index contributed by atoms with van der Waals surface area (Å²) in [5.74, 6) is 0.240. The molecule has 0 aliphatic rings. The number of hydrogen-bond donors (Lipinski definition) is 1. The van der Waals surface area contributed by atoms with Gasteiger partial charge in [0.25, 0.3) is 0 Å². The van der Waals surface area contributed by atoms with Gasteiger partial charge in [0.2, 0.25) is 0 Å². The highest BCUT2D eigenvalue weighted by Crippen LogP contribution is 2.19. The summed E-state index contributed by atoms with van der Waals surface area (Å²) in [5.41, 5.74) is 7.18. The van der Waals surface area contributed by atoms with E-state index in [2.05, 4.69) is 6.92 Å². The standard InChI is InChI=1S/C16H27NO2S/c1-3-4-5-6-7-8-9-12-20(18,19)15-10-11-16(17)14(2)13-15/h10-11,13H,3-9,12,17H2,1-2H3. The van der Waals surface area contributed by atoms with Crippen molar-refractivity contribution in [1.29, 1.82) is 0 Å². The predicted octanol–water partition coefficient (Wildman–Crippen LogP) is 4.10. The third kappa shape index (κ3) is 5.53. The number of anilines is 1. The molecule has 0 saturated heterocycles. The van der Waals surface area contributed by atoms with Crippen molar-refractivity contribution in [3.8, 4) is 0 Å². The van der Waals surface area contributed by atoms with Crippen LogP contribution in [0.1, 0.15) is 57.4 Å². The van der Waals surface area contributed by atoms with E-state index in [9.17, 15) is 8.42 Å². The molecule has 20 heavy (non-hydrogen) atoms. The van der Waals surface area contributed by atoms with Crippen molar-refractivity contribution >= 4 is 15.5 Å². The summed E-state index contributed by atoms with van der Waals surface area (Å²) >= 11 is 0. The maximum absolute atomic E-state index is 12.2. The van der Waals surface area contributed by atoms with Gasteiger partial charge in [-0.1, -0.05) is 45.4 Å². The number of rotatable bonds is 9. The molecule has 0 bridgehead atoms. The number of nitrogens with two attached hydrogens (primary N) is 1. The molecule has 0 atom stereocenters. The van der Waals surface area contributed by atoms with Crippen LogP contribution in [-0.2, 0) is 9.84 Å². The zero-order chi connectivity index (χ0) is 15.0. The van der Waals surface area contributed by atoms with Gasteiger partial charge < -0.3 is 5.73 Å². The van der Waals surface area contributed by atoms with Gasteiger partial charge in [0, 0.05) is 5.69 Å². The minimum Gasteiger partial charge on any atom is -0.399 e. The molecule has 1 aromatic carbocycles. The Morgan fingerprint density at radius 3 is 2.20 bits per heavy atom. The molecule has 0 aliphatic heterocycles. The third-order valence-electron chi connectivity index (χ3n) is 3.62. The second-order valence-electron chi connectivity index (χ2n) is 5.46. The average molecular weight is 297 g/mol. The first-order valence-electron chi connectivity index (χ1n) is 7.56. The van der Waals surface area contributed by atoms with E-state index in [4.69, 9.17) is 5.73 Å². The van der Waals surface area contributed by atoms with E-state index in [1.54, 1.807) is 18.2 Å². The van der Waals surface area contributed by atoms with Crippen LogP contribution in [0.4, 0.5) is 5.69 Å². The van der Waals surface area contributed by atoms with Crippen LogP contribution in [0.5, 0.6) is 0 Å². The van der Waals surface area contributed by atoms with Gasteiger partial charge in [-0.25, -0.2) is 8.42 Å². The Kier molecular flexibility index (Phi) is 7.06. The molecule has 4 heteroatoms. The Morgan fingerprint density at radius 2 is 1.60 bits per heavy atom. The normalized spacial score (nSPS) is 11.7. The molecule has 0 radical (unpaired) electrons. The zero-order valence-corrected chi connectivity index (χ0v) is 13.5. The molecular formula is C16H27NO2S. The van der Waals surface area contributed by atoms with Crippen LogP contribution < -0.4 is 5.73 Å².